The minimum Gasteiger partial charge on any atom is -0.371 e. The number of rotatable bonds is 6. The highest BCUT2D eigenvalue weighted by Crippen LogP contribution is 2.34. The molecule has 2 atom stereocenters. The second-order valence-electron chi connectivity index (χ2n) is 7.32. The smallest absolute Gasteiger partial charge is 0.137 e. The van der Waals surface area contributed by atoms with Gasteiger partial charge >= 0.3 is 0 Å². The van der Waals surface area contributed by atoms with Gasteiger partial charge in [0.15, 0.2) is 0 Å². The van der Waals surface area contributed by atoms with Crippen molar-refractivity contribution in [1.29, 1.82) is 0 Å². The van der Waals surface area contributed by atoms with Gasteiger partial charge in [0.2, 0.25) is 0 Å². The van der Waals surface area contributed by atoms with Crippen LogP contribution in [0.2, 0.25) is 18.1 Å². The molecule has 0 aromatic carbocycles. The highest BCUT2D eigenvalue weighted by Gasteiger charge is 2.33. The van der Waals surface area contributed by atoms with Gasteiger partial charge in [-0.1, -0.05) is 45.7 Å². The zero-order chi connectivity index (χ0) is 17.3. The van der Waals surface area contributed by atoms with Crippen LogP contribution in [0.3, 0.4) is 0 Å². The van der Waals surface area contributed by atoms with Crippen LogP contribution in [0.1, 0.15) is 20.8 Å². The topological polar surface area (TPSA) is 43.5 Å². The molecule has 0 unspecified atom stereocenters. The highest BCUT2D eigenvalue weighted by atomic mass is 28.3. The van der Waals surface area contributed by atoms with E-state index in [1.54, 1.807) is 0 Å². The lowest BCUT2D eigenvalue weighted by Gasteiger charge is -2.31. The maximum Gasteiger partial charge on any atom is 0.137 e. The number of hydrogen-bond donors (Lipinski definition) is 0. The molecular weight excluding hydrogens is 308 g/mol. The normalized spacial score (nSPS) is 22.1. The Labute approximate surface area is 142 Å². The molecule has 0 aromatic rings. The summed E-state index contributed by atoms with van der Waals surface area (Å²) in [4.78, 5) is 0. The molecule has 0 aromatic heterocycles. The predicted molar refractivity (Wildman–Crippen MR) is 94.9 cm³/mol. The minimum absolute atomic E-state index is 0.333. The fourth-order valence-corrected chi connectivity index (χ4v) is 2.15. The van der Waals surface area contributed by atoms with Crippen LogP contribution in [0.4, 0.5) is 0 Å². The quantitative estimate of drug-likeness (QED) is 0.323. The molecule has 23 heavy (non-hydrogen) atoms. The monoisotopic (exact) mass is 338 g/mol. The summed E-state index contributed by atoms with van der Waals surface area (Å²) < 4.78 is 20.2. The first kappa shape index (κ1) is 20.2. The maximum absolute atomic E-state index is 5.39. The van der Waals surface area contributed by atoms with E-state index in [0.717, 1.165) is 13.2 Å². The summed E-state index contributed by atoms with van der Waals surface area (Å²) in [6.45, 7) is 15.4. The Hall–Kier alpha value is -0.823. The molecule has 4 nitrogen and oxygen atoms in total. The molecule has 0 bridgehead atoms. The van der Waals surface area contributed by atoms with Crippen molar-refractivity contribution in [3.05, 3.63) is 0 Å². The molecule has 0 amide bonds. The summed E-state index contributed by atoms with van der Waals surface area (Å²) in [5.74, 6) is 5.52. The maximum atomic E-state index is 5.39. The van der Waals surface area contributed by atoms with Gasteiger partial charge < -0.3 is 18.9 Å². The number of epoxide rings is 2. The van der Waals surface area contributed by atoms with Crippen LogP contribution in [0, 0.1) is 23.8 Å². The molecule has 0 N–H and O–H groups in total. The fraction of sp³-hybridized carbons (Fsp3) is 0.778. The summed E-state index contributed by atoms with van der Waals surface area (Å²) in [7, 11) is -1.44. The van der Waals surface area contributed by atoms with Crippen molar-refractivity contribution in [2.45, 2.75) is 51.1 Å². The van der Waals surface area contributed by atoms with Crippen molar-refractivity contribution in [3.8, 4) is 23.8 Å². The van der Waals surface area contributed by atoms with E-state index in [9.17, 15) is 0 Å². The van der Waals surface area contributed by atoms with Crippen LogP contribution in [0.5, 0.6) is 0 Å². The Kier molecular flexibility index (Phi) is 8.32. The van der Waals surface area contributed by atoms with E-state index in [0.29, 0.717) is 43.7 Å². The molecule has 0 radical (unpaired) electrons. The molecule has 2 rings (SSSR count). The summed E-state index contributed by atoms with van der Waals surface area (Å²) in [6, 6.07) is 0. The lowest BCUT2D eigenvalue weighted by atomic mass is 10.2. The number of terminal acetylenes is 1. The Morgan fingerprint density at radius 3 is 1.91 bits per heavy atom. The van der Waals surface area contributed by atoms with Crippen LogP contribution in [-0.4, -0.2) is 59.9 Å². The van der Waals surface area contributed by atoms with Crippen LogP contribution < -0.4 is 0 Å². The standard InChI is InChI=1S/C12H22O2Si.C6H8O2/c1-12(2,3)15(4,5)8-6-7-13-9-11-10-14-11;1-2-3-7-4-6-5-8-6/h11H,7,9-10H2,1-5H3;1,6H,3-5H2/t11-;6-/m00/s1. The Morgan fingerprint density at radius 1 is 1.04 bits per heavy atom. The lowest BCUT2D eigenvalue weighted by molar-refractivity contribution is 0.145. The first-order valence-electron chi connectivity index (χ1n) is 8.08. The van der Waals surface area contributed by atoms with E-state index < -0.39 is 8.07 Å². The highest BCUT2D eigenvalue weighted by molar-refractivity contribution is 6.87. The molecule has 5 heteroatoms. The summed E-state index contributed by atoms with van der Waals surface area (Å²) in [6.07, 6.45) is 5.60. The van der Waals surface area contributed by atoms with Gasteiger partial charge in [0.1, 0.15) is 33.5 Å². The molecular formula is C18H30O4Si. The third kappa shape index (κ3) is 9.81. The molecule has 2 heterocycles. The van der Waals surface area contributed by atoms with Crippen molar-refractivity contribution < 1.29 is 18.9 Å². The Morgan fingerprint density at radius 2 is 1.52 bits per heavy atom. The zero-order valence-corrected chi connectivity index (χ0v) is 16.1. The van der Waals surface area contributed by atoms with Crippen molar-refractivity contribution in [2.75, 3.05) is 39.6 Å². The van der Waals surface area contributed by atoms with Gasteiger partial charge in [-0.3, -0.25) is 0 Å². The second kappa shape index (κ2) is 9.47. The van der Waals surface area contributed by atoms with E-state index in [1.807, 2.05) is 0 Å². The number of hydrogen-bond acceptors (Lipinski definition) is 4. The Bertz CT molecular complexity index is 442. The third-order valence-corrected chi connectivity index (χ3v) is 8.60. The van der Waals surface area contributed by atoms with Gasteiger partial charge in [0, 0.05) is 0 Å². The second-order valence-corrected chi connectivity index (χ2v) is 12.3. The predicted octanol–water partition coefficient (Wildman–Crippen LogP) is 2.49. The van der Waals surface area contributed by atoms with Crippen molar-refractivity contribution in [1.82, 2.24) is 0 Å². The average Bonchev–Trinajstić information content (AvgIpc) is 3.33. The SMILES string of the molecule is C#CCOC[C@H]1CO1.CC(C)(C)[Si](C)(C)C#CCOC[C@H]1CO1. The Balaban J connectivity index is 0.000000277. The van der Waals surface area contributed by atoms with E-state index in [4.69, 9.17) is 25.4 Å². The molecule has 130 valence electrons. The van der Waals surface area contributed by atoms with Crippen molar-refractivity contribution >= 4 is 8.07 Å². The van der Waals surface area contributed by atoms with Gasteiger partial charge in [-0.2, -0.15) is 0 Å². The molecule has 2 aliphatic heterocycles. The fourth-order valence-electron chi connectivity index (χ4n) is 1.26. The number of ether oxygens (including phenoxy) is 4. The molecule has 0 spiro atoms. The lowest BCUT2D eigenvalue weighted by Crippen LogP contribution is -2.35. The first-order chi connectivity index (χ1) is 10.8. The van der Waals surface area contributed by atoms with Gasteiger partial charge in [-0.05, 0) is 5.04 Å². The average molecular weight is 339 g/mol. The summed E-state index contributed by atoms with van der Waals surface area (Å²) in [5, 5.41) is 0.333. The van der Waals surface area contributed by atoms with E-state index >= 15 is 0 Å². The van der Waals surface area contributed by atoms with Gasteiger partial charge in [-0.15, -0.1) is 12.0 Å². The van der Waals surface area contributed by atoms with Crippen molar-refractivity contribution in [3.63, 3.8) is 0 Å². The van der Waals surface area contributed by atoms with Crippen LogP contribution in [0.15, 0.2) is 0 Å². The molecule has 2 fully saturated rings. The molecule has 2 saturated heterocycles. The van der Waals surface area contributed by atoms with Crippen molar-refractivity contribution in [2.24, 2.45) is 0 Å². The molecule has 0 aliphatic carbocycles. The minimum atomic E-state index is -1.44. The van der Waals surface area contributed by atoms with Gasteiger partial charge in [0.25, 0.3) is 0 Å². The van der Waals surface area contributed by atoms with Crippen LogP contribution >= 0.6 is 0 Å². The largest absolute Gasteiger partial charge is 0.371 e. The van der Waals surface area contributed by atoms with Gasteiger partial charge in [0.05, 0.1) is 26.4 Å². The van der Waals surface area contributed by atoms with E-state index in [-0.39, 0.29) is 0 Å². The van der Waals surface area contributed by atoms with Crippen LogP contribution in [-0.2, 0) is 18.9 Å². The summed E-state index contributed by atoms with van der Waals surface area (Å²) in [5.41, 5.74) is 3.42. The first-order valence-corrected chi connectivity index (χ1v) is 11.1. The van der Waals surface area contributed by atoms with E-state index in [2.05, 4.69) is 51.2 Å². The molecule has 2 aliphatic rings. The molecule has 0 saturated carbocycles. The van der Waals surface area contributed by atoms with Crippen LogP contribution in [0.25, 0.3) is 0 Å². The third-order valence-electron chi connectivity index (χ3n) is 4.05. The van der Waals surface area contributed by atoms with Gasteiger partial charge in [-0.25, -0.2) is 0 Å². The van der Waals surface area contributed by atoms with E-state index in [1.165, 1.54) is 0 Å². The zero-order valence-electron chi connectivity index (χ0n) is 15.1. The summed E-state index contributed by atoms with van der Waals surface area (Å²) >= 11 is 0.